The maximum absolute atomic E-state index is 12.7. The van der Waals surface area contributed by atoms with Gasteiger partial charge in [0.05, 0.1) is 25.3 Å². The van der Waals surface area contributed by atoms with Gasteiger partial charge in [-0.25, -0.2) is 0 Å². The summed E-state index contributed by atoms with van der Waals surface area (Å²) >= 11 is 0. The van der Waals surface area contributed by atoms with Crippen LogP contribution in [0.25, 0.3) is 0 Å². The zero-order chi connectivity index (χ0) is 19.9. The van der Waals surface area contributed by atoms with E-state index < -0.39 is 0 Å². The highest BCUT2D eigenvalue weighted by Crippen LogP contribution is 2.37. The van der Waals surface area contributed by atoms with E-state index in [1.165, 1.54) is 0 Å². The summed E-state index contributed by atoms with van der Waals surface area (Å²) in [5.74, 6) is 1.60. The van der Waals surface area contributed by atoms with E-state index in [-0.39, 0.29) is 17.9 Å². The Morgan fingerprint density at radius 2 is 1.89 bits per heavy atom. The summed E-state index contributed by atoms with van der Waals surface area (Å²) in [4.78, 5) is 12.7. The van der Waals surface area contributed by atoms with Crippen LogP contribution >= 0.6 is 0 Å². The topological polar surface area (TPSA) is 71.3 Å². The first-order chi connectivity index (χ1) is 13.7. The second-order valence-electron chi connectivity index (χ2n) is 7.00. The average Bonchev–Trinajstić information content (AvgIpc) is 2.74. The Balaban J connectivity index is 1.79. The van der Waals surface area contributed by atoms with Gasteiger partial charge in [-0.1, -0.05) is 18.9 Å². The van der Waals surface area contributed by atoms with Crippen LogP contribution in [0, 0.1) is 11.3 Å². The maximum Gasteiger partial charge on any atom is 0.251 e. The number of amides is 1. The van der Waals surface area contributed by atoms with Crippen LogP contribution in [-0.4, -0.2) is 25.7 Å². The molecule has 28 heavy (non-hydrogen) atoms. The first-order valence-electron chi connectivity index (χ1n) is 9.78. The molecule has 2 aromatic rings. The lowest BCUT2D eigenvalue weighted by molar-refractivity contribution is 0.0920. The van der Waals surface area contributed by atoms with E-state index in [9.17, 15) is 4.79 Å². The Hall–Kier alpha value is -3.00. The number of methoxy groups -OCH3 is 1. The van der Waals surface area contributed by atoms with Crippen molar-refractivity contribution in [2.24, 2.45) is 0 Å². The minimum Gasteiger partial charge on any atom is -0.493 e. The van der Waals surface area contributed by atoms with Crippen LogP contribution in [0.15, 0.2) is 42.5 Å². The fraction of sp³-hybridized carbons (Fsp3) is 0.391. The number of hydrogen-bond acceptors (Lipinski definition) is 4. The van der Waals surface area contributed by atoms with Crippen molar-refractivity contribution in [2.45, 2.75) is 44.6 Å². The van der Waals surface area contributed by atoms with Crippen molar-refractivity contribution in [1.29, 1.82) is 5.26 Å². The van der Waals surface area contributed by atoms with Crippen molar-refractivity contribution < 1.29 is 14.3 Å². The summed E-state index contributed by atoms with van der Waals surface area (Å²) in [6, 6.07) is 14.9. The molecule has 1 aliphatic rings. The molecule has 0 bridgehead atoms. The standard InChI is InChI=1S/C23H26N2O3/c1-3-28-22-14-18(12-13-21(22)27-2)19-6-4-5-7-20(19)25-23(26)17-10-8-16(15-24)9-11-17/h8-14,19-20H,3-7H2,1-2H3,(H,25,26). The second-order valence-corrected chi connectivity index (χ2v) is 7.00. The van der Waals surface area contributed by atoms with Crippen LogP contribution in [0.5, 0.6) is 11.5 Å². The van der Waals surface area contributed by atoms with Crippen LogP contribution < -0.4 is 14.8 Å². The van der Waals surface area contributed by atoms with Crippen molar-refractivity contribution in [3.8, 4) is 17.6 Å². The molecule has 1 aliphatic carbocycles. The van der Waals surface area contributed by atoms with Gasteiger partial charge in [-0.2, -0.15) is 5.26 Å². The average molecular weight is 378 g/mol. The molecule has 5 nitrogen and oxygen atoms in total. The lowest BCUT2D eigenvalue weighted by atomic mass is 9.79. The molecule has 0 radical (unpaired) electrons. The van der Waals surface area contributed by atoms with Gasteiger partial charge in [0.15, 0.2) is 11.5 Å². The molecule has 0 saturated heterocycles. The number of benzene rings is 2. The molecular formula is C23H26N2O3. The SMILES string of the molecule is CCOc1cc(C2CCCCC2NC(=O)c2ccc(C#N)cc2)ccc1OC. The van der Waals surface area contributed by atoms with E-state index in [2.05, 4.69) is 17.5 Å². The number of rotatable bonds is 6. The van der Waals surface area contributed by atoms with E-state index in [0.29, 0.717) is 17.7 Å². The van der Waals surface area contributed by atoms with E-state index in [1.54, 1.807) is 31.4 Å². The number of carbonyl (C=O) groups is 1. The van der Waals surface area contributed by atoms with Crippen molar-refractivity contribution in [3.05, 3.63) is 59.2 Å². The molecule has 1 N–H and O–H groups in total. The predicted molar refractivity (Wildman–Crippen MR) is 108 cm³/mol. The van der Waals surface area contributed by atoms with Gasteiger partial charge < -0.3 is 14.8 Å². The van der Waals surface area contributed by atoms with Gasteiger partial charge in [-0.15, -0.1) is 0 Å². The molecule has 0 spiro atoms. The third-order valence-corrected chi connectivity index (χ3v) is 5.27. The lowest BCUT2D eigenvalue weighted by Crippen LogP contribution is -2.41. The number of nitrogens with one attached hydrogen (secondary N) is 1. The van der Waals surface area contributed by atoms with Crippen molar-refractivity contribution in [3.63, 3.8) is 0 Å². The Morgan fingerprint density at radius 1 is 1.14 bits per heavy atom. The Kier molecular flexibility index (Phi) is 6.54. The molecule has 0 heterocycles. The third-order valence-electron chi connectivity index (χ3n) is 5.27. The van der Waals surface area contributed by atoms with E-state index in [0.717, 1.165) is 42.7 Å². The summed E-state index contributed by atoms with van der Waals surface area (Å²) in [6.07, 6.45) is 4.21. The molecule has 5 heteroatoms. The summed E-state index contributed by atoms with van der Waals surface area (Å²) in [5, 5.41) is 12.1. The van der Waals surface area contributed by atoms with Crippen LogP contribution in [0.1, 0.15) is 60.0 Å². The van der Waals surface area contributed by atoms with Gasteiger partial charge in [0.1, 0.15) is 0 Å². The number of nitrogens with zero attached hydrogens (tertiary/aromatic N) is 1. The van der Waals surface area contributed by atoms with Gasteiger partial charge in [-0.3, -0.25) is 4.79 Å². The van der Waals surface area contributed by atoms with Crippen molar-refractivity contribution in [1.82, 2.24) is 5.32 Å². The van der Waals surface area contributed by atoms with Crippen molar-refractivity contribution in [2.75, 3.05) is 13.7 Å². The van der Waals surface area contributed by atoms with Gasteiger partial charge in [0.2, 0.25) is 0 Å². The number of carbonyl (C=O) groups excluding carboxylic acids is 1. The minimum absolute atomic E-state index is 0.0692. The predicted octanol–water partition coefficient (Wildman–Crippen LogP) is 4.42. The molecule has 2 aromatic carbocycles. The molecule has 2 atom stereocenters. The summed E-state index contributed by atoms with van der Waals surface area (Å²) in [7, 11) is 1.64. The van der Waals surface area contributed by atoms with Crippen LogP contribution in [0.2, 0.25) is 0 Å². The molecule has 1 fully saturated rings. The van der Waals surface area contributed by atoms with Gasteiger partial charge >= 0.3 is 0 Å². The molecule has 146 valence electrons. The largest absolute Gasteiger partial charge is 0.493 e. The third kappa shape index (κ3) is 4.45. The Morgan fingerprint density at radius 3 is 2.57 bits per heavy atom. The quantitative estimate of drug-likeness (QED) is 0.808. The summed E-state index contributed by atoms with van der Waals surface area (Å²) < 4.78 is 11.1. The van der Waals surface area contributed by atoms with Crippen molar-refractivity contribution >= 4 is 5.91 Å². The highest BCUT2D eigenvalue weighted by atomic mass is 16.5. The minimum atomic E-state index is -0.0973. The second kappa shape index (κ2) is 9.27. The first kappa shape index (κ1) is 19.8. The number of nitriles is 1. The van der Waals surface area contributed by atoms with Gasteiger partial charge in [0.25, 0.3) is 5.91 Å². The normalized spacial score (nSPS) is 18.8. The number of ether oxygens (including phenoxy) is 2. The van der Waals surface area contributed by atoms with E-state index in [4.69, 9.17) is 14.7 Å². The van der Waals surface area contributed by atoms with Crippen LogP contribution in [-0.2, 0) is 0 Å². The van der Waals surface area contributed by atoms with E-state index >= 15 is 0 Å². The highest BCUT2D eigenvalue weighted by Gasteiger charge is 2.29. The molecule has 1 amide bonds. The monoisotopic (exact) mass is 378 g/mol. The summed E-state index contributed by atoms with van der Waals surface area (Å²) in [6.45, 7) is 2.52. The first-order valence-corrected chi connectivity index (χ1v) is 9.78. The molecule has 0 aliphatic heterocycles. The number of hydrogen-bond donors (Lipinski definition) is 1. The molecule has 2 unspecified atom stereocenters. The zero-order valence-corrected chi connectivity index (χ0v) is 16.4. The molecule has 1 saturated carbocycles. The fourth-order valence-electron chi connectivity index (χ4n) is 3.84. The Labute approximate surface area is 166 Å². The molecular weight excluding hydrogens is 352 g/mol. The summed E-state index contributed by atoms with van der Waals surface area (Å²) in [5.41, 5.74) is 2.29. The fourth-order valence-corrected chi connectivity index (χ4v) is 3.84. The van der Waals surface area contributed by atoms with Crippen LogP contribution in [0.3, 0.4) is 0 Å². The molecule has 0 aromatic heterocycles. The Bertz CT molecular complexity index is 855. The zero-order valence-electron chi connectivity index (χ0n) is 16.4. The molecule has 3 rings (SSSR count). The maximum atomic E-state index is 12.7. The highest BCUT2D eigenvalue weighted by molar-refractivity contribution is 5.94. The van der Waals surface area contributed by atoms with Gasteiger partial charge in [0, 0.05) is 17.5 Å². The smallest absolute Gasteiger partial charge is 0.251 e. The van der Waals surface area contributed by atoms with Crippen LogP contribution in [0.4, 0.5) is 0 Å². The lowest BCUT2D eigenvalue weighted by Gasteiger charge is -2.33. The van der Waals surface area contributed by atoms with Gasteiger partial charge in [-0.05, 0) is 61.7 Å². The van der Waals surface area contributed by atoms with E-state index in [1.807, 2.05) is 19.1 Å².